The number of nitrogens with one attached hydrogen (secondary N) is 1. The Labute approximate surface area is 255 Å². The van der Waals surface area contributed by atoms with Crippen molar-refractivity contribution in [3.8, 4) is 0 Å². The first kappa shape index (κ1) is 32.8. The van der Waals surface area contributed by atoms with Gasteiger partial charge in [-0.3, -0.25) is 24.0 Å². The normalized spacial score (nSPS) is 12.3. The first-order chi connectivity index (χ1) is 19.7. The topological polar surface area (TPSA) is 130 Å². The van der Waals surface area contributed by atoms with E-state index in [1.54, 1.807) is 64.1 Å². The molecule has 13 heteroatoms. The van der Waals surface area contributed by atoms with Gasteiger partial charge in [0, 0.05) is 39.8 Å². The number of benzene rings is 3. The summed E-state index contributed by atoms with van der Waals surface area (Å²) in [6.45, 7) is 6.26. The smallest absolute Gasteiger partial charge is 0.269 e. The second-order valence-corrected chi connectivity index (χ2v) is 13.2. The van der Waals surface area contributed by atoms with E-state index in [9.17, 15) is 28.1 Å². The highest BCUT2D eigenvalue weighted by Gasteiger charge is 2.35. The number of amides is 2. The van der Waals surface area contributed by atoms with E-state index in [2.05, 4.69) is 5.32 Å². The summed E-state index contributed by atoms with van der Waals surface area (Å²) < 4.78 is 28.5. The maximum absolute atomic E-state index is 14.1. The van der Waals surface area contributed by atoms with Crippen LogP contribution < -0.4 is 9.62 Å². The Hall–Kier alpha value is -3.67. The van der Waals surface area contributed by atoms with E-state index in [1.807, 2.05) is 0 Å². The third-order valence-corrected chi connectivity index (χ3v) is 8.73. The molecule has 3 rings (SSSR count). The lowest BCUT2D eigenvalue weighted by molar-refractivity contribution is -0.384. The van der Waals surface area contributed by atoms with Crippen LogP contribution in [0.2, 0.25) is 10.0 Å². The molecular formula is C29H32Cl2N4O6S. The average Bonchev–Trinajstić information content (AvgIpc) is 2.92. The maximum Gasteiger partial charge on any atom is 0.269 e. The molecule has 0 fully saturated rings. The molecule has 0 radical (unpaired) electrons. The number of anilines is 1. The van der Waals surface area contributed by atoms with Crippen LogP contribution in [-0.4, -0.2) is 48.2 Å². The van der Waals surface area contributed by atoms with Crippen molar-refractivity contribution < 1.29 is 22.9 Å². The van der Waals surface area contributed by atoms with E-state index in [0.717, 1.165) is 16.4 Å². The molecule has 2 amide bonds. The van der Waals surface area contributed by atoms with E-state index in [-0.39, 0.29) is 39.3 Å². The summed E-state index contributed by atoms with van der Waals surface area (Å²) in [6, 6.07) is 16.2. The lowest BCUT2D eigenvalue weighted by Crippen LogP contribution is -2.55. The van der Waals surface area contributed by atoms with E-state index in [1.165, 1.54) is 29.2 Å². The molecule has 0 bridgehead atoms. The number of rotatable bonds is 11. The molecule has 224 valence electrons. The summed E-state index contributed by atoms with van der Waals surface area (Å²) >= 11 is 12.8. The Kier molecular flexibility index (Phi) is 10.6. The Morgan fingerprint density at radius 2 is 1.52 bits per heavy atom. The number of nitro groups is 1. The third kappa shape index (κ3) is 7.99. The molecule has 1 atom stereocenters. The summed E-state index contributed by atoms with van der Waals surface area (Å²) in [4.78, 5) is 39.3. The number of nitrogens with zero attached hydrogens (tertiary/aromatic N) is 3. The molecular weight excluding hydrogens is 603 g/mol. The fourth-order valence-corrected chi connectivity index (χ4v) is 6.17. The van der Waals surface area contributed by atoms with Crippen LogP contribution in [0, 0.1) is 10.1 Å². The molecule has 3 aromatic carbocycles. The highest BCUT2D eigenvalue weighted by atomic mass is 35.5. The molecule has 0 aliphatic carbocycles. The highest BCUT2D eigenvalue weighted by molar-refractivity contribution is 7.92. The van der Waals surface area contributed by atoms with E-state index in [0.29, 0.717) is 5.56 Å². The van der Waals surface area contributed by atoms with Crippen molar-refractivity contribution in [3.63, 3.8) is 0 Å². The van der Waals surface area contributed by atoms with Crippen LogP contribution in [0.1, 0.15) is 39.7 Å². The summed E-state index contributed by atoms with van der Waals surface area (Å²) in [5.74, 6) is -1.14. The van der Waals surface area contributed by atoms with Gasteiger partial charge < -0.3 is 10.2 Å². The van der Waals surface area contributed by atoms with Gasteiger partial charge >= 0.3 is 0 Å². The molecule has 3 aromatic rings. The minimum atomic E-state index is -4.32. The van der Waals surface area contributed by atoms with Crippen molar-refractivity contribution >= 4 is 56.4 Å². The number of sulfonamides is 1. The van der Waals surface area contributed by atoms with Crippen molar-refractivity contribution in [3.05, 3.63) is 98.5 Å². The molecule has 0 aromatic heterocycles. The molecule has 1 unspecified atom stereocenters. The van der Waals surface area contributed by atoms with Crippen molar-refractivity contribution in [1.29, 1.82) is 0 Å². The number of nitro benzene ring substituents is 1. The highest BCUT2D eigenvalue weighted by Crippen LogP contribution is 2.29. The average molecular weight is 636 g/mol. The lowest BCUT2D eigenvalue weighted by atomic mass is 10.1. The van der Waals surface area contributed by atoms with Crippen LogP contribution in [0.15, 0.2) is 77.7 Å². The van der Waals surface area contributed by atoms with Crippen molar-refractivity contribution in [2.24, 2.45) is 0 Å². The maximum atomic E-state index is 14.1. The van der Waals surface area contributed by atoms with Crippen LogP contribution in [-0.2, 0) is 26.2 Å². The number of halogens is 2. The van der Waals surface area contributed by atoms with Crippen LogP contribution in [0.4, 0.5) is 11.4 Å². The largest absolute Gasteiger partial charge is 0.350 e. The number of carbonyl (C=O) groups is 2. The monoisotopic (exact) mass is 634 g/mol. The van der Waals surface area contributed by atoms with E-state index >= 15 is 0 Å². The Morgan fingerprint density at radius 1 is 0.952 bits per heavy atom. The third-order valence-electron chi connectivity index (χ3n) is 6.23. The van der Waals surface area contributed by atoms with Crippen LogP contribution in [0.3, 0.4) is 0 Å². The Bertz CT molecular complexity index is 1520. The predicted octanol–water partition coefficient (Wildman–Crippen LogP) is 5.82. The minimum Gasteiger partial charge on any atom is -0.350 e. The zero-order valence-electron chi connectivity index (χ0n) is 23.6. The lowest BCUT2D eigenvalue weighted by Gasteiger charge is -2.35. The van der Waals surface area contributed by atoms with Gasteiger partial charge in [0.1, 0.15) is 12.6 Å². The van der Waals surface area contributed by atoms with Crippen LogP contribution in [0.25, 0.3) is 0 Å². The van der Waals surface area contributed by atoms with Crippen molar-refractivity contribution in [2.75, 3.05) is 10.8 Å². The fraction of sp³-hybridized carbons (Fsp3) is 0.310. The van der Waals surface area contributed by atoms with Gasteiger partial charge in [0.2, 0.25) is 11.8 Å². The number of hydrogen-bond acceptors (Lipinski definition) is 6. The second kappa shape index (κ2) is 13.5. The standard InChI is InChI=1S/C29H32Cl2N4O6S/c1-5-26(28(37)32-29(2,3)4)33(18-23-24(30)12-9-13-25(23)31)27(36)19-34(20-14-16-21(17-15-20)35(38)39)42(40,41)22-10-7-6-8-11-22/h6-17,26H,5,18-19H2,1-4H3,(H,32,37). The van der Waals surface area contributed by atoms with E-state index < -0.39 is 44.9 Å². The Morgan fingerprint density at radius 3 is 2.02 bits per heavy atom. The first-order valence-corrected chi connectivity index (χ1v) is 15.2. The zero-order chi connectivity index (χ0) is 31.2. The minimum absolute atomic E-state index is 0.0284. The van der Waals surface area contributed by atoms with Gasteiger partial charge in [-0.15, -0.1) is 0 Å². The first-order valence-electron chi connectivity index (χ1n) is 13.0. The number of non-ortho nitro benzene ring substituents is 1. The number of carbonyl (C=O) groups excluding carboxylic acids is 2. The van der Waals surface area contributed by atoms with Gasteiger partial charge in [0.25, 0.3) is 15.7 Å². The summed E-state index contributed by atoms with van der Waals surface area (Å²) in [7, 11) is -4.32. The summed E-state index contributed by atoms with van der Waals surface area (Å²) in [5.41, 5.74) is -0.436. The van der Waals surface area contributed by atoms with Crippen LogP contribution in [0.5, 0.6) is 0 Å². The van der Waals surface area contributed by atoms with Crippen LogP contribution >= 0.6 is 23.2 Å². The van der Waals surface area contributed by atoms with Gasteiger partial charge in [0.05, 0.1) is 15.5 Å². The summed E-state index contributed by atoms with van der Waals surface area (Å²) in [5, 5.41) is 14.7. The summed E-state index contributed by atoms with van der Waals surface area (Å²) in [6.07, 6.45) is 0.207. The van der Waals surface area contributed by atoms with Gasteiger partial charge in [-0.05, 0) is 63.6 Å². The molecule has 0 aliphatic heterocycles. The molecule has 0 aliphatic rings. The molecule has 0 saturated heterocycles. The SMILES string of the molecule is CCC(C(=O)NC(C)(C)C)N(Cc1c(Cl)cccc1Cl)C(=O)CN(c1ccc([N+](=O)[O-])cc1)S(=O)(=O)c1ccccc1. The quantitative estimate of drug-likeness (QED) is 0.209. The van der Waals surface area contributed by atoms with Gasteiger partial charge in [-0.25, -0.2) is 8.42 Å². The molecule has 10 nitrogen and oxygen atoms in total. The van der Waals surface area contributed by atoms with Gasteiger partial charge in [0.15, 0.2) is 0 Å². The Balaban J connectivity index is 2.12. The molecule has 0 spiro atoms. The van der Waals surface area contributed by atoms with E-state index in [4.69, 9.17) is 23.2 Å². The predicted molar refractivity (Wildman–Crippen MR) is 163 cm³/mol. The molecule has 0 saturated carbocycles. The second-order valence-electron chi connectivity index (χ2n) is 10.5. The molecule has 1 N–H and O–H groups in total. The van der Waals surface area contributed by atoms with Crippen molar-refractivity contribution in [2.45, 2.75) is 57.1 Å². The fourth-order valence-electron chi connectivity index (χ4n) is 4.22. The van der Waals surface area contributed by atoms with Gasteiger partial charge in [-0.1, -0.05) is 54.4 Å². The number of hydrogen-bond donors (Lipinski definition) is 1. The zero-order valence-corrected chi connectivity index (χ0v) is 25.9. The molecule has 0 heterocycles. The van der Waals surface area contributed by atoms with Gasteiger partial charge in [-0.2, -0.15) is 0 Å². The molecule has 42 heavy (non-hydrogen) atoms. The van der Waals surface area contributed by atoms with Crippen molar-refractivity contribution in [1.82, 2.24) is 10.2 Å².